The van der Waals surface area contributed by atoms with Crippen molar-refractivity contribution in [3.63, 3.8) is 0 Å². The van der Waals surface area contributed by atoms with E-state index in [0.29, 0.717) is 5.56 Å². The molecule has 0 N–H and O–H groups in total. The Labute approximate surface area is 113 Å². The van der Waals surface area contributed by atoms with Crippen molar-refractivity contribution < 1.29 is 17.9 Å². The van der Waals surface area contributed by atoms with Crippen LogP contribution in [0.3, 0.4) is 0 Å². The van der Waals surface area contributed by atoms with E-state index < -0.39 is 12.1 Å². The van der Waals surface area contributed by atoms with E-state index in [4.69, 9.17) is 5.26 Å². The summed E-state index contributed by atoms with van der Waals surface area (Å²) in [6.07, 6.45) is -3.21. The number of alkyl halides is 3. The highest BCUT2D eigenvalue weighted by Gasteiger charge is 2.32. The summed E-state index contributed by atoms with van der Waals surface area (Å²) < 4.78 is 40.4. The summed E-state index contributed by atoms with van der Waals surface area (Å²) >= 11 is 0. The molecule has 1 aromatic heterocycles. The van der Waals surface area contributed by atoms with Crippen molar-refractivity contribution in [1.82, 2.24) is 4.98 Å². The number of nitriles is 1. The number of hydrogen-bond donors (Lipinski definition) is 0. The molecule has 2 aromatic rings. The Kier molecular flexibility index (Phi) is 3.61. The second-order valence-corrected chi connectivity index (χ2v) is 4.01. The predicted molar refractivity (Wildman–Crippen MR) is 65.8 cm³/mol. The van der Waals surface area contributed by atoms with Gasteiger partial charge in [0.25, 0.3) is 0 Å². The van der Waals surface area contributed by atoms with Crippen LogP contribution in [-0.2, 0) is 0 Å². The first-order valence-electron chi connectivity index (χ1n) is 5.62. The van der Waals surface area contributed by atoms with Crippen molar-refractivity contribution in [2.45, 2.75) is 13.3 Å². The molecular weight excluding hydrogens is 269 g/mol. The van der Waals surface area contributed by atoms with Crippen LogP contribution in [0.15, 0.2) is 36.5 Å². The first-order valence-corrected chi connectivity index (χ1v) is 5.62. The van der Waals surface area contributed by atoms with Gasteiger partial charge in [0.1, 0.15) is 11.8 Å². The number of nitrogens with zero attached hydrogens (tertiary/aromatic N) is 2. The quantitative estimate of drug-likeness (QED) is 0.838. The first kappa shape index (κ1) is 13.9. The number of pyridine rings is 1. The van der Waals surface area contributed by atoms with Crippen LogP contribution in [0.5, 0.6) is 5.75 Å². The van der Waals surface area contributed by atoms with Crippen molar-refractivity contribution in [2.75, 3.05) is 0 Å². The lowest BCUT2D eigenvalue weighted by Crippen LogP contribution is -2.17. The molecule has 102 valence electrons. The number of benzene rings is 1. The Morgan fingerprint density at radius 1 is 1.25 bits per heavy atom. The van der Waals surface area contributed by atoms with Crippen molar-refractivity contribution in [1.29, 1.82) is 5.26 Å². The summed E-state index contributed by atoms with van der Waals surface area (Å²) in [5.41, 5.74) is 1.91. The highest BCUT2D eigenvalue weighted by Crippen LogP contribution is 2.30. The van der Waals surface area contributed by atoms with Crippen LogP contribution in [0.2, 0.25) is 0 Å². The summed E-state index contributed by atoms with van der Waals surface area (Å²) in [4.78, 5) is 4.10. The fraction of sp³-hybridized carbons (Fsp3) is 0.143. The minimum absolute atomic E-state index is 0.178. The number of aryl methyl sites for hydroxylation is 1. The van der Waals surface area contributed by atoms with E-state index in [1.54, 1.807) is 31.3 Å². The molecule has 1 heterocycles. The Morgan fingerprint density at radius 2 is 2.00 bits per heavy atom. The zero-order chi connectivity index (χ0) is 14.8. The number of hydrogen-bond acceptors (Lipinski definition) is 3. The van der Waals surface area contributed by atoms with E-state index in [0.717, 1.165) is 17.3 Å². The normalized spacial score (nSPS) is 10.9. The molecule has 0 bridgehead atoms. The average molecular weight is 278 g/mol. The van der Waals surface area contributed by atoms with Crippen molar-refractivity contribution in [2.24, 2.45) is 0 Å². The topological polar surface area (TPSA) is 45.9 Å². The molecule has 0 radical (unpaired) electrons. The van der Waals surface area contributed by atoms with Gasteiger partial charge in [0.05, 0.1) is 5.56 Å². The highest BCUT2D eigenvalue weighted by molar-refractivity contribution is 5.68. The van der Waals surface area contributed by atoms with Gasteiger partial charge in [-0.2, -0.15) is 5.26 Å². The maximum absolute atomic E-state index is 12.2. The second kappa shape index (κ2) is 5.21. The monoisotopic (exact) mass is 278 g/mol. The van der Waals surface area contributed by atoms with Gasteiger partial charge >= 0.3 is 6.36 Å². The summed E-state index contributed by atoms with van der Waals surface area (Å²) in [7, 11) is 0. The van der Waals surface area contributed by atoms with Crippen LogP contribution in [0.25, 0.3) is 11.1 Å². The summed E-state index contributed by atoms with van der Waals surface area (Å²) in [6.45, 7) is 1.78. The van der Waals surface area contributed by atoms with Crippen LogP contribution >= 0.6 is 0 Å². The van der Waals surface area contributed by atoms with E-state index in [2.05, 4.69) is 9.72 Å². The molecule has 0 aliphatic carbocycles. The third-order valence-electron chi connectivity index (χ3n) is 2.64. The van der Waals surface area contributed by atoms with E-state index in [-0.39, 0.29) is 5.56 Å². The first-order chi connectivity index (χ1) is 9.40. The molecule has 0 saturated carbocycles. The van der Waals surface area contributed by atoms with Crippen LogP contribution in [0, 0.1) is 18.3 Å². The van der Waals surface area contributed by atoms with Crippen LogP contribution in [-0.4, -0.2) is 11.3 Å². The zero-order valence-corrected chi connectivity index (χ0v) is 10.4. The molecule has 0 spiro atoms. The number of aromatic nitrogens is 1. The minimum atomic E-state index is -4.82. The standard InChI is InChI=1S/C14H9F3N2O/c1-9-12(3-2-6-19-9)10-4-5-13(11(7-10)8-18)20-14(15,16)17/h2-7H,1H3. The van der Waals surface area contributed by atoms with Crippen LogP contribution in [0.1, 0.15) is 11.3 Å². The van der Waals surface area contributed by atoms with Gasteiger partial charge in [-0.05, 0) is 30.7 Å². The molecule has 0 atom stereocenters. The third-order valence-corrected chi connectivity index (χ3v) is 2.64. The maximum atomic E-state index is 12.2. The summed E-state index contributed by atoms with van der Waals surface area (Å²) in [6, 6.07) is 9.15. The number of halogens is 3. The van der Waals surface area contributed by atoms with Crippen LogP contribution in [0.4, 0.5) is 13.2 Å². The molecule has 0 amide bonds. The molecule has 0 aliphatic rings. The van der Waals surface area contributed by atoms with Gasteiger partial charge < -0.3 is 4.74 Å². The molecular formula is C14H9F3N2O. The van der Waals surface area contributed by atoms with Gasteiger partial charge in [0, 0.05) is 17.5 Å². The van der Waals surface area contributed by atoms with E-state index in [9.17, 15) is 13.2 Å². The van der Waals surface area contributed by atoms with Gasteiger partial charge in [0.15, 0.2) is 0 Å². The van der Waals surface area contributed by atoms with Crippen molar-refractivity contribution in [3.8, 4) is 22.9 Å². The lowest BCUT2D eigenvalue weighted by molar-refractivity contribution is -0.274. The van der Waals surface area contributed by atoms with Gasteiger partial charge in [0.2, 0.25) is 0 Å². The van der Waals surface area contributed by atoms with Gasteiger partial charge in [-0.15, -0.1) is 13.2 Å². The predicted octanol–water partition coefficient (Wildman–Crippen LogP) is 3.83. The molecule has 2 rings (SSSR count). The Balaban J connectivity index is 2.46. The molecule has 0 saturated heterocycles. The van der Waals surface area contributed by atoms with Gasteiger partial charge in [-0.3, -0.25) is 4.98 Å². The fourth-order valence-electron chi connectivity index (χ4n) is 1.79. The molecule has 20 heavy (non-hydrogen) atoms. The van der Waals surface area contributed by atoms with Crippen molar-refractivity contribution in [3.05, 3.63) is 47.8 Å². The van der Waals surface area contributed by atoms with Crippen LogP contribution < -0.4 is 4.74 Å². The zero-order valence-electron chi connectivity index (χ0n) is 10.4. The second-order valence-electron chi connectivity index (χ2n) is 4.01. The molecule has 6 heteroatoms. The number of rotatable bonds is 2. The Hall–Kier alpha value is -2.55. The molecule has 3 nitrogen and oxygen atoms in total. The smallest absolute Gasteiger partial charge is 0.404 e. The SMILES string of the molecule is Cc1ncccc1-c1ccc(OC(F)(F)F)c(C#N)c1. The average Bonchev–Trinajstić information content (AvgIpc) is 2.38. The van der Waals surface area contributed by atoms with Gasteiger partial charge in [-0.25, -0.2) is 0 Å². The fourth-order valence-corrected chi connectivity index (χ4v) is 1.79. The molecule has 0 fully saturated rings. The lowest BCUT2D eigenvalue weighted by atomic mass is 10.0. The minimum Gasteiger partial charge on any atom is -0.404 e. The van der Waals surface area contributed by atoms with Crippen molar-refractivity contribution >= 4 is 0 Å². The Morgan fingerprint density at radius 3 is 2.60 bits per heavy atom. The van der Waals surface area contributed by atoms with Gasteiger partial charge in [-0.1, -0.05) is 12.1 Å². The highest BCUT2D eigenvalue weighted by atomic mass is 19.4. The summed E-state index contributed by atoms with van der Waals surface area (Å²) in [5.74, 6) is -0.509. The number of ether oxygens (including phenoxy) is 1. The third kappa shape index (κ3) is 3.06. The van der Waals surface area contributed by atoms with E-state index >= 15 is 0 Å². The molecule has 0 aliphatic heterocycles. The Bertz CT molecular complexity index is 675. The maximum Gasteiger partial charge on any atom is 0.573 e. The summed E-state index contributed by atoms with van der Waals surface area (Å²) in [5, 5.41) is 8.94. The molecule has 1 aromatic carbocycles. The van der Waals surface area contributed by atoms with E-state index in [1.807, 2.05) is 0 Å². The lowest BCUT2D eigenvalue weighted by Gasteiger charge is -2.12. The van der Waals surface area contributed by atoms with E-state index in [1.165, 1.54) is 12.1 Å². The largest absolute Gasteiger partial charge is 0.573 e. The molecule has 0 unspecified atom stereocenters.